The fraction of sp³-hybridized carbons (Fsp3) is 0.143. The van der Waals surface area contributed by atoms with Crippen molar-refractivity contribution in [3.8, 4) is 0 Å². The Kier molecular flexibility index (Phi) is 13.1. The average Bonchev–Trinajstić information content (AvgIpc) is 2.95. The van der Waals surface area contributed by atoms with Crippen molar-refractivity contribution >= 4 is 55.9 Å². The molecule has 0 saturated heterocycles. The van der Waals surface area contributed by atoms with Crippen molar-refractivity contribution in [2.24, 2.45) is 0 Å². The van der Waals surface area contributed by atoms with Crippen LogP contribution in [0.1, 0.15) is 13.8 Å². The van der Waals surface area contributed by atoms with Gasteiger partial charge in [-0.25, -0.2) is 0 Å². The van der Waals surface area contributed by atoms with Crippen molar-refractivity contribution in [3.05, 3.63) is 121 Å². The van der Waals surface area contributed by atoms with Crippen molar-refractivity contribution in [2.75, 3.05) is 12.3 Å². The summed E-state index contributed by atoms with van der Waals surface area (Å²) in [6.07, 6.45) is 1.34. The first-order valence-electron chi connectivity index (χ1n) is 11.2. The maximum absolute atomic E-state index is 13.0. The Hall–Kier alpha value is -1.59. The van der Waals surface area contributed by atoms with Crippen LogP contribution >= 0.6 is 34.7 Å². The zero-order valence-corrected chi connectivity index (χ0v) is 24.0. The van der Waals surface area contributed by atoms with E-state index in [9.17, 15) is 9.13 Å². The topological polar surface area (TPSA) is 34.1 Å². The van der Waals surface area contributed by atoms with E-state index in [0.717, 1.165) is 21.2 Å². The first-order chi connectivity index (χ1) is 17.0. The molecule has 0 aromatic heterocycles. The van der Waals surface area contributed by atoms with Crippen molar-refractivity contribution in [3.63, 3.8) is 0 Å². The molecule has 188 valence electrons. The minimum absolute atomic E-state index is 0.569. The fourth-order valence-corrected chi connectivity index (χ4v) is 8.38. The number of rotatable bonds is 6. The molecule has 0 heterocycles. The SMILES string of the molecule is CCP(=O)(c1ccccc1)c1ccccc1.CCP(=O)(c1ccccc1)c1ccccc1.[Cl][Ni][Cl]. The Labute approximate surface area is 224 Å². The van der Waals surface area contributed by atoms with Gasteiger partial charge in [0, 0.05) is 33.5 Å². The van der Waals surface area contributed by atoms with Gasteiger partial charge >= 0.3 is 33.0 Å². The first kappa shape index (κ1) is 29.6. The third-order valence-corrected chi connectivity index (χ3v) is 11.9. The van der Waals surface area contributed by atoms with Crippen LogP contribution in [0.5, 0.6) is 0 Å². The molecule has 7 heteroatoms. The third kappa shape index (κ3) is 8.21. The van der Waals surface area contributed by atoms with E-state index >= 15 is 0 Å². The van der Waals surface area contributed by atoms with Crippen LogP contribution in [0, 0.1) is 0 Å². The number of hydrogen-bond donors (Lipinski definition) is 0. The molecule has 0 amide bonds. The Morgan fingerprint density at radius 3 is 0.800 bits per heavy atom. The summed E-state index contributed by atoms with van der Waals surface area (Å²) in [7, 11) is 4.59. The van der Waals surface area contributed by atoms with Gasteiger partial charge in [-0.15, -0.1) is 0 Å². The summed E-state index contributed by atoms with van der Waals surface area (Å²) in [5, 5.41) is 3.79. The van der Waals surface area contributed by atoms with Crippen LogP contribution in [0.15, 0.2) is 121 Å². The summed E-state index contributed by atoms with van der Waals surface area (Å²) in [4.78, 5) is 0. The Morgan fingerprint density at radius 2 is 0.657 bits per heavy atom. The number of hydrogen-bond acceptors (Lipinski definition) is 2. The van der Waals surface area contributed by atoms with Crippen LogP contribution in [-0.4, -0.2) is 12.3 Å². The van der Waals surface area contributed by atoms with Gasteiger partial charge in [-0.2, -0.15) is 0 Å². The van der Waals surface area contributed by atoms with E-state index in [1.165, 1.54) is 0 Å². The molecule has 0 atom stereocenters. The van der Waals surface area contributed by atoms with Gasteiger partial charge in [0.05, 0.1) is 0 Å². The van der Waals surface area contributed by atoms with Crippen molar-refractivity contribution in [2.45, 2.75) is 13.8 Å². The van der Waals surface area contributed by atoms with E-state index in [0.29, 0.717) is 25.0 Å². The molecule has 4 aromatic rings. The van der Waals surface area contributed by atoms with Gasteiger partial charge < -0.3 is 9.13 Å². The minimum atomic E-state index is -2.40. The molecule has 0 bridgehead atoms. The summed E-state index contributed by atoms with van der Waals surface area (Å²) in [6.45, 7) is 3.97. The predicted molar refractivity (Wildman–Crippen MR) is 152 cm³/mol. The summed E-state index contributed by atoms with van der Waals surface area (Å²) in [5.41, 5.74) is 0. The standard InChI is InChI=1S/2C14H15OP.2ClH.Ni/c2*1-2-16(15,13-9-5-3-6-10-13)14-11-7-4-8-12-14;;;/h2*3-12H,2H2,1H3;2*1H;/q;;;;+2/p-2. The molecule has 0 saturated carbocycles. The molecule has 35 heavy (non-hydrogen) atoms. The summed E-state index contributed by atoms with van der Waals surface area (Å²) in [5.74, 6) is 0. The van der Waals surface area contributed by atoms with Crippen LogP contribution in [0.4, 0.5) is 0 Å². The molecule has 0 fully saturated rings. The molecule has 4 aromatic carbocycles. The molecule has 0 radical (unpaired) electrons. The van der Waals surface area contributed by atoms with Gasteiger partial charge in [-0.05, 0) is 0 Å². The maximum atomic E-state index is 13.0. The van der Waals surface area contributed by atoms with Gasteiger partial charge in [0.2, 0.25) is 0 Å². The second-order valence-corrected chi connectivity index (χ2v) is 15.4. The molecule has 0 aliphatic rings. The van der Waals surface area contributed by atoms with Crippen molar-refractivity contribution in [1.82, 2.24) is 0 Å². The summed E-state index contributed by atoms with van der Waals surface area (Å²) in [6, 6.07) is 39.0. The number of benzene rings is 4. The molecule has 0 unspecified atom stereocenters. The second-order valence-electron chi connectivity index (χ2n) is 7.50. The predicted octanol–water partition coefficient (Wildman–Crippen LogP) is 7.42. The van der Waals surface area contributed by atoms with Crippen molar-refractivity contribution in [1.29, 1.82) is 0 Å². The molecule has 0 aliphatic heterocycles. The van der Waals surface area contributed by atoms with Crippen LogP contribution in [0.25, 0.3) is 0 Å². The van der Waals surface area contributed by atoms with Gasteiger partial charge in [0.1, 0.15) is 14.3 Å². The normalized spacial score (nSPS) is 11.0. The second kappa shape index (κ2) is 15.5. The molecular formula is C28H30Cl2NiO2P2. The molecule has 0 N–H and O–H groups in total. The molecule has 2 nitrogen and oxygen atoms in total. The van der Waals surface area contributed by atoms with Crippen LogP contribution < -0.4 is 21.2 Å². The van der Waals surface area contributed by atoms with E-state index in [1.54, 1.807) is 0 Å². The van der Waals surface area contributed by atoms with Crippen LogP contribution in [0.2, 0.25) is 0 Å². The van der Waals surface area contributed by atoms with E-state index in [2.05, 4.69) is 0 Å². The van der Waals surface area contributed by atoms with Gasteiger partial charge in [-0.3, -0.25) is 0 Å². The zero-order chi connectivity index (χ0) is 25.6. The fourth-order valence-electron chi connectivity index (χ4n) is 3.70. The Morgan fingerprint density at radius 1 is 0.486 bits per heavy atom. The van der Waals surface area contributed by atoms with Crippen LogP contribution in [-0.2, 0) is 21.8 Å². The summed E-state index contributed by atoms with van der Waals surface area (Å²) >= 11 is 0.569. The Bertz CT molecular complexity index is 1020. The Balaban J connectivity index is 0.000000222. The number of halogens is 2. The third-order valence-electron chi connectivity index (χ3n) is 5.58. The zero-order valence-electron chi connectivity index (χ0n) is 19.7. The van der Waals surface area contributed by atoms with E-state index in [4.69, 9.17) is 20.4 Å². The summed E-state index contributed by atoms with van der Waals surface area (Å²) < 4.78 is 26.0. The van der Waals surface area contributed by atoms with Gasteiger partial charge in [-0.1, -0.05) is 135 Å². The van der Waals surface area contributed by atoms with E-state index in [-0.39, 0.29) is 0 Å². The average molecular weight is 590 g/mol. The quantitative estimate of drug-likeness (QED) is 0.173. The molecule has 0 aliphatic carbocycles. The van der Waals surface area contributed by atoms with Crippen molar-refractivity contribution < 1.29 is 21.8 Å². The van der Waals surface area contributed by atoms with Gasteiger partial charge in [0.25, 0.3) is 0 Å². The van der Waals surface area contributed by atoms with Crippen LogP contribution in [0.3, 0.4) is 0 Å². The molecule has 4 rings (SSSR count). The molecular weight excluding hydrogens is 560 g/mol. The first-order valence-corrected chi connectivity index (χ1v) is 17.7. The van der Waals surface area contributed by atoms with Gasteiger partial charge in [0.15, 0.2) is 0 Å². The monoisotopic (exact) mass is 588 g/mol. The van der Waals surface area contributed by atoms with E-state index in [1.807, 2.05) is 135 Å². The van der Waals surface area contributed by atoms with E-state index < -0.39 is 14.3 Å². The molecule has 0 spiro atoms.